The Morgan fingerprint density at radius 1 is 1.17 bits per heavy atom. The molecule has 0 aliphatic rings. The van der Waals surface area contributed by atoms with Crippen molar-refractivity contribution in [2.45, 2.75) is 11.6 Å². The average molecular weight is 440 g/mol. The molecule has 0 atom stereocenters. The van der Waals surface area contributed by atoms with Crippen molar-refractivity contribution >= 4 is 39.2 Å². The number of hydrogen-bond acceptors (Lipinski definition) is 6. The summed E-state index contributed by atoms with van der Waals surface area (Å²) in [5, 5.41) is 3.67. The standard InChI is InChI=1S/C22H18FN3O2S2/c1-28-18-5-3-2-4-15(18)11-24-20(27)12-29-22-21-17(25-13-26-22)10-19(30-21)14-6-8-16(23)9-7-14/h2-10,13H,11-12H2,1H3,(H,24,27). The summed E-state index contributed by atoms with van der Waals surface area (Å²) < 4.78 is 19.4. The third-order valence-corrected chi connectivity index (χ3v) is 6.71. The van der Waals surface area contributed by atoms with Gasteiger partial charge in [-0.3, -0.25) is 4.79 Å². The summed E-state index contributed by atoms with van der Waals surface area (Å²) in [5.74, 6) is 0.628. The summed E-state index contributed by atoms with van der Waals surface area (Å²) in [7, 11) is 1.61. The number of nitrogens with zero attached hydrogens (tertiary/aromatic N) is 2. The van der Waals surface area contributed by atoms with E-state index in [0.29, 0.717) is 6.54 Å². The molecule has 8 heteroatoms. The zero-order valence-electron chi connectivity index (χ0n) is 16.1. The van der Waals surface area contributed by atoms with Crippen molar-refractivity contribution in [1.29, 1.82) is 0 Å². The van der Waals surface area contributed by atoms with Gasteiger partial charge in [0, 0.05) is 17.0 Å². The van der Waals surface area contributed by atoms with E-state index in [4.69, 9.17) is 4.74 Å². The van der Waals surface area contributed by atoms with E-state index in [-0.39, 0.29) is 17.5 Å². The number of aromatic nitrogens is 2. The van der Waals surface area contributed by atoms with E-state index in [1.807, 2.05) is 30.3 Å². The Balaban J connectivity index is 1.43. The number of carbonyl (C=O) groups is 1. The van der Waals surface area contributed by atoms with E-state index in [0.717, 1.165) is 37.0 Å². The third kappa shape index (κ3) is 4.60. The van der Waals surface area contributed by atoms with Gasteiger partial charge < -0.3 is 10.1 Å². The molecular formula is C22H18FN3O2S2. The van der Waals surface area contributed by atoms with Gasteiger partial charge in [0.1, 0.15) is 22.9 Å². The molecule has 1 N–H and O–H groups in total. The first-order valence-electron chi connectivity index (χ1n) is 9.16. The van der Waals surface area contributed by atoms with Crippen LogP contribution in [0.15, 0.2) is 66.0 Å². The molecule has 2 aromatic heterocycles. The SMILES string of the molecule is COc1ccccc1CNC(=O)CSc1ncnc2cc(-c3ccc(F)cc3)sc12. The zero-order chi connectivity index (χ0) is 20.9. The van der Waals surface area contributed by atoms with Crippen LogP contribution >= 0.6 is 23.1 Å². The van der Waals surface area contributed by atoms with E-state index in [9.17, 15) is 9.18 Å². The van der Waals surface area contributed by atoms with Gasteiger partial charge in [0.25, 0.3) is 0 Å². The van der Waals surface area contributed by atoms with Gasteiger partial charge in [-0.2, -0.15) is 0 Å². The van der Waals surface area contributed by atoms with Crippen LogP contribution < -0.4 is 10.1 Å². The Labute approximate surface area is 181 Å². The van der Waals surface area contributed by atoms with Crippen LogP contribution in [0.3, 0.4) is 0 Å². The van der Waals surface area contributed by atoms with E-state index in [1.54, 1.807) is 19.2 Å². The highest BCUT2D eigenvalue weighted by atomic mass is 32.2. The summed E-state index contributed by atoms with van der Waals surface area (Å²) in [6.45, 7) is 0.399. The topological polar surface area (TPSA) is 64.1 Å². The van der Waals surface area contributed by atoms with Gasteiger partial charge in [-0.25, -0.2) is 14.4 Å². The van der Waals surface area contributed by atoms with Crippen molar-refractivity contribution < 1.29 is 13.9 Å². The number of para-hydroxylation sites is 1. The fourth-order valence-electron chi connectivity index (χ4n) is 2.92. The fraction of sp³-hybridized carbons (Fsp3) is 0.136. The average Bonchev–Trinajstić information content (AvgIpc) is 3.22. The Kier molecular flexibility index (Phi) is 6.25. The van der Waals surface area contributed by atoms with Crippen LogP contribution in [0.4, 0.5) is 4.39 Å². The Hall–Kier alpha value is -2.97. The summed E-state index contributed by atoms with van der Waals surface area (Å²) in [6, 6.07) is 15.9. The van der Waals surface area contributed by atoms with Crippen molar-refractivity contribution in [3.63, 3.8) is 0 Å². The molecule has 0 radical (unpaired) electrons. The van der Waals surface area contributed by atoms with E-state index >= 15 is 0 Å². The van der Waals surface area contributed by atoms with Crippen LogP contribution in [-0.4, -0.2) is 28.7 Å². The van der Waals surface area contributed by atoms with Crippen molar-refractivity contribution in [2.75, 3.05) is 12.9 Å². The second-order valence-electron chi connectivity index (χ2n) is 6.39. The molecule has 30 heavy (non-hydrogen) atoms. The highest BCUT2D eigenvalue weighted by molar-refractivity contribution is 8.00. The van der Waals surface area contributed by atoms with Gasteiger partial charge in [0.05, 0.1) is 23.1 Å². The lowest BCUT2D eigenvalue weighted by Crippen LogP contribution is -2.24. The summed E-state index contributed by atoms with van der Waals surface area (Å²) in [4.78, 5) is 22.0. The van der Waals surface area contributed by atoms with Gasteiger partial charge in [-0.05, 0) is 29.8 Å². The Bertz CT molecular complexity index is 1180. The third-order valence-electron chi connectivity index (χ3n) is 4.42. The molecule has 5 nitrogen and oxygen atoms in total. The number of carbonyl (C=O) groups excluding carboxylic acids is 1. The number of benzene rings is 2. The number of halogens is 1. The van der Waals surface area contributed by atoms with Gasteiger partial charge in [0.15, 0.2) is 0 Å². The lowest BCUT2D eigenvalue weighted by atomic mass is 10.2. The molecule has 0 aliphatic carbocycles. The summed E-state index contributed by atoms with van der Waals surface area (Å²) in [6.07, 6.45) is 1.50. The number of methoxy groups -OCH3 is 1. The number of amides is 1. The minimum absolute atomic E-state index is 0.0898. The van der Waals surface area contributed by atoms with Gasteiger partial charge in [-0.15, -0.1) is 11.3 Å². The van der Waals surface area contributed by atoms with Crippen LogP contribution in [0, 0.1) is 5.82 Å². The second kappa shape index (κ2) is 9.23. The van der Waals surface area contributed by atoms with Crippen molar-refractivity contribution in [3.05, 3.63) is 72.3 Å². The monoisotopic (exact) mass is 439 g/mol. The van der Waals surface area contributed by atoms with Crippen LogP contribution in [0.25, 0.3) is 20.7 Å². The normalized spacial score (nSPS) is 10.9. The number of fused-ring (bicyclic) bond motifs is 1. The van der Waals surface area contributed by atoms with Crippen LogP contribution in [0.2, 0.25) is 0 Å². The minimum Gasteiger partial charge on any atom is -0.496 e. The predicted molar refractivity (Wildman–Crippen MR) is 118 cm³/mol. The largest absolute Gasteiger partial charge is 0.496 e. The number of ether oxygens (including phenoxy) is 1. The van der Waals surface area contributed by atoms with Crippen LogP contribution in [-0.2, 0) is 11.3 Å². The van der Waals surface area contributed by atoms with Crippen molar-refractivity contribution in [3.8, 4) is 16.2 Å². The highest BCUT2D eigenvalue weighted by Crippen LogP contribution is 2.36. The molecular weight excluding hydrogens is 421 g/mol. The quantitative estimate of drug-likeness (QED) is 0.327. The number of rotatable bonds is 7. The highest BCUT2D eigenvalue weighted by Gasteiger charge is 2.13. The smallest absolute Gasteiger partial charge is 0.230 e. The number of thiophene rings is 1. The van der Waals surface area contributed by atoms with Crippen molar-refractivity contribution in [2.24, 2.45) is 0 Å². The number of thioether (sulfide) groups is 1. The lowest BCUT2D eigenvalue weighted by Gasteiger charge is -2.09. The molecule has 152 valence electrons. The van der Waals surface area contributed by atoms with Crippen molar-refractivity contribution in [1.82, 2.24) is 15.3 Å². The number of nitrogens with one attached hydrogen (secondary N) is 1. The molecule has 0 aliphatic heterocycles. The fourth-order valence-corrected chi connectivity index (χ4v) is 4.95. The lowest BCUT2D eigenvalue weighted by molar-refractivity contribution is -0.118. The van der Waals surface area contributed by atoms with Crippen LogP contribution in [0.1, 0.15) is 5.56 Å². The predicted octanol–water partition coefficient (Wildman–Crippen LogP) is 4.91. The van der Waals surface area contributed by atoms with Gasteiger partial charge in [-0.1, -0.05) is 42.1 Å². The van der Waals surface area contributed by atoms with Crippen LogP contribution in [0.5, 0.6) is 5.75 Å². The molecule has 4 aromatic rings. The summed E-state index contributed by atoms with van der Waals surface area (Å²) >= 11 is 2.90. The maximum atomic E-state index is 13.2. The van der Waals surface area contributed by atoms with E-state index in [2.05, 4.69) is 15.3 Å². The molecule has 2 aromatic carbocycles. The number of hydrogen-bond donors (Lipinski definition) is 1. The molecule has 0 saturated heterocycles. The molecule has 2 heterocycles. The maximum absolute atomic E-state index is 13.2. The maximum Gasteiger partial charge on any atom is 0.230 e. The molecule has 0 bridgehead atoms. The molecule has 0 unspecified atom stereocenters. The molecule has 0 spiro atoms. The van der Waals surface area contributed by atoms with E-state index < -0.39 is 0 Å². The van der Waals surface area contributed by atoms with Gasteiger partial charge >= 0.3 is 0 Å². The first kappa shape index (κ1) is 20.3. The molecule has 1 amide bonds. The first-order chi connectivity index (χ1) is 14.6. The first-order valence-corrected chi connectivity index (χ1v) is 11.0. The minimum atomic E-state index is -0.268. The van der Waals surface area contributed by atoms with E-state index in [1.165, 1.54) is 41.6 Å². The Morgan fingerprint density at radius 2 is 1.97 bits per heavy atom. The molecule has 0 saturated carbocycles. The summed E-state index contributed by atoms with van der Waals surface area (Å²) in [5.41, 5.74) is 2.65. The molecule has 4 rings (SSSR count). The zero-order valence-corrected chi connectivity index (χ0v) is 17.7. The second-order valence-corrected chi connectivity index (χ2v) is 8.40. The van der Waals surface area contributed by atoms with Gasteiger partial charge in [0.2, 0.25) is 5.91 Å². The molecule has 0 fully saturated rings. The Morgan fingerprint density at radius 3 is 2.77 bits per heavy atom.